The first kappa shape index (κ1) is 11.1. The van der Waals surface area contributed by atoms with Gasteiger partial charge in [-0.05, 0) is 37.3 Å². The van der Waals surface area contributed by atoms with Crippen LogP contribution in [0.4, 0.5) is 0 Å². The van der Waals surface area contributed by atoms with E-state index in [9.17, 15) is 0 Å². The Bertz CT molecular complexity index is 367. The minimum absolute atomic E-state index is 0.680. The van der Waals surface area contributed by atoms with Gasteiger partial charge >= 0.3 is 0 Å². The highest BCUT2D eigenvalue weighted by molar-refractivity contribution is 5.97. The molecule has 0 saturated carbocycles. The molecule has 0 amide bonds. The second-order valence-corrected chi connectivity index (χ2v) is 4.28. The van der Waals surface area contributed by atoms with E-state index >= 15 is 0 Å². The average Bonchev–Trinajstić information content (AvgIpc) is 2.39. The summed E-state index contributed by atoms with van der Waals surface area (Å²) in [5, 5.41) is 8.27. The Labute approximate surface area is 97.0 Å². The summed E-state index contributed by atoms with van der Waals surface area (Å²) in [6, 6.07) is 1.97. The molecule has 0 bridgehead atoms. The molecule has 2 rings (SSSR count). The molecule has 1 N–H and O–H groups in total. The second kappa shape index (κ2) is 5.10. The van der Waals surface area contributed by atoms with Crippen LogP contribution < -0.4 is 0 Å². The molecule has 3 nitrogen and oxygen atoms in total. The number of nitrogens with zero attached hydrogens (tertiary/aromatic N) is 2. The number of hydrogen-bond acceptors (Lipinski definition) is 2. The molecule has 3 heteroatoms. The van der Waals surface area contributed by atoms with Gasteiger partial charge in [0.25, 0.3) is 0 Å². The number of pyridine rings is 1. The summed E-state index contributed by atoms with van der Waals surface area (Å²) >= 11 is 0. The Morgan fingerprint density at radius 3 is 2.81 bits per heavy atom. The van der Waals surface area contributed by atoms with Gasteiger partial charge in [-0.2, -0.15) is 0 Å². The van der Waals surface area contributed by atoms with Crippen LogP contribution in [0.25, 0.3) is 0 Å². The van der Waals surface area contributed by atoms with Crippen molar-refractivity contribution in [1.29, 1.82) is 5.41 Å². The van der Waals surface area contributed by atoms with Crippen LogP contribution in [0.2, 0.25) is 0 Å². The first-order chi connectivity index (χ1) is 7.83. The van der Waals surface area contributed by atoms with Gasteiger partial charge in [0.1, 0.15) is 5.84 Å². The van der Waals surface area contributed by atoms with E-state index in [1.165, 1.54) is 24.8 Å². The van der Waals surface area contributed by atoms with Gasteiger partial charge in [-0.25, -0.2) is 0 Å². The number of likely N-dealkylation sites (tertiary alicyclic amines) is 1. The first-order valence-electron chi connectivity index (χ1n) is 6.09. The molecule has 0 radical (unpaired) electrons. The Balaban J connectivity index is 2.19. The molecule has 1 saturated heterocycles. The smallest absolute Gasteiger partial charge is 0.128 e. The molecular formula is C13H19N3. The minimum Gasteiger partial charge on any atom is -0.357 e. The average molecular weight is 217 g/mol. The lowest BCUT2D eigenvalue weighted by Gasteiger charge is -2.29. The highest BCUT2D eigenvalue weighted by Crippen LogP contribution is 2.15. The molecule has 1 aromatic heterocycles. The van der Waals surface area contributed by atoms with E-state index < -0.39 is 0 Å². The van der Waals surface area contributed by atoms with Gasteiger partial charge in [0.2, 0.25) is 0 Å². The number of aromatic nitrogens is 1. The van der Waals surface area contributed by atoms with Gasteiger partial charge in [-0.1, -0.05) is 6.92 Å². The zero-order chi connectivity index (χ0) is 11.4. The third kappa shape index (κ3) is 2.23. The summed E-state index contributed by atoms with van der Waals surface area (Å²) in [6.07, 6.45) is 8.35. The van der Waals surface area contributed by atoms with Crippen molar-refractivity contribution in [3.63, 3.8) is 0 Å². The quantitative estimate of drug-likeness (QED) is 0.610. The van der Waals surface area contributed by atoms with Gasteiger partial charge in [-0.3, -0.25) is 10.4 Å². The van der Waals surface area contributed by atoms with E-state index in [1.807, 2.05) is 12.3 Å². The molecule has 1 aliphatic heterocycles. The van der Waals surface area contributed by atoms with Crippen LogP contribution in [0, 0.1) is 5.41 Å². The van der Waals surface area contributed by atoms with E-state index in [4.69, 9.17) is 5.41 Å². The number of piperidine rings is 1. The summed E-state index contributed by atoms with van der Waals surface area (Å²) in [4.78, 5) is 6.32. The fourth-order valence-corrected chi connectivity index (χ4v) is 2.23. The normalized spacial score (nSPS) is 16.2. The van der Waals surface area contributed by atoms with Gasteiger partial charge in [0.05, 0.1) is 0 Å². The third-order valence-electron chi connectivity index (χ3n) is 3.21. The molecule has 0 spiro atoms. The van der Waals surface area contributed by atoms with E-state index in [0.717, 1.165) is 25.1 Å². The van der Waals surface area contributed by atoms with Crippen molar-refractivity contribution in [2.75, 3.05) is 13.1 Å². The SMILES string of the molecule is CCc1cnccc1C(=N)N1CCCCC1. The minimum atomic E-state index is 0.680. The van der Waals surface area contributed by atoms with Gasteiger partial charge in [-0.15, -0.1) is 0 Å². The van der Waals surface area contributed by atoms with E-state index in [0.29, 0.717) is 5.84 Å². The van der Waals surface area contributed by atoms with Crippen LogP contribution in [0.1, 0.15) is 37.3 Å². The maximum atomic E-state index is 8.27. The number of nitrogens with one attached hydrogen (secondary N) is 1. The first-order valence-corrected chi connectivity index (χ1v) is 6.09. The molecule has 0 atom stereocenters. The lowest BCUT2D eigenvalue weighted by molar-refractivity contribution is 0.341. The Kier molecular flexibility index (Phi) is 3.54. The van der Waals surface area contributed by atoms with Crippen molar-refractivity contribution >= 4 is 5.84 Å². The predicted molar refractivity (Wildman–Crippen MR) is 65.9 cm³/mol. The van der Waals surface area contributed by atoms with Crippen LogP contribution in [-0.2, 0) is 6.42 Å². The highest BCUT2D eigenvalue weighted by Gasteiger charge is 2.16. The van der Waals surface area contributed by atoms with Crippen LogP contribution in [0.15, 0.2) is 18.5 Å². The Morgan fingerprint density at radius 1 is 1.38 bits per heavy atom. The standard InChI is InChI=1S/C13H19N3/c1-2-11-10-15-7-6-12(11)13(14)16-8-4-3-5-9-16/h6-7,10,14H,2-5,8-9H2,1H3. The number of rotatable bonds is 2. The molecule has 0 unspecified atom stereocenters. The van der Waals surface area contributed by atoms with Crippen LogP contribution in [0.3, 0.4) is 0 Å². The molecule has 0 aromatic carbocycles. The van der Waals surface area contributed by atoms with E-state index in [1.54, 1.807) is 6.20 Å². The molecule has 86 valence electrons. The van der Waals surface area contributed by atoms with Crippen molar-refractivity contribution in [1.82, 2.24) is 9.88 Å². The molecule has 0 aliphatic carbocycles. The molecule has 1 fully saturated rings. The highest BCUT2D eigenvalue weighted by atomic mass is 15.2. The lowest BCUT2D eigenvalue weighted by atomic mass is 10.0. The van der Waals surface area contributed by atoms with Crippen molar-refractivity contribution in [2.45, 2.75) is 32.6 Å². The van der Waals surface area contributed by atoms with E-state index in [2.05, 4.69) is 16.8 Å². The summed E-state index contributed by atoms with van der Waals surface area (Å²) in [6.45, 7) is 4.18. The Morgan fingerprint density at radius 2 is 2.12 bits per heavy atom. The van der Waals surface area contributed by atoms with Crippen LogP contribution >= 0.6 is 0 Å². The molecule has 1 aromatic rings. The maximum Gasteiger partial charge on any atom is 0.128 e. The van der Waals surface area contributed by atoms with Gasteiger partial charge in [0.15, 0.2) is 0 Å². The molecule has 16 heavy (non-hydrogen) atoms. The topological polar surface area (TPSA) is 40.0 Å². The van der Waals surface area contributed by atoms with Crippen molar-refractivity contribution < 1.29 is 0 Å². The Hall–Kier alpha value is -1.38. The summed E-state index contributed by atoms with van der Waals surface area (Å²) in [7, 11) is 0. The summed E-state index contributed by atoms with van der Waals surface area (Å²) in [5.41, 5.74) is 2.23. The summed E-state index contributed by atoms with van der Waals surface area (Å²) < 4.78 is 0. The predicted octanol–water partition coefficient (Wildman–Crippen LogP) is 2.46. The van der Waals surface area contributed by atoms with Gasteiger partial charge in [0, 0.05) is 31.0 Å². The van der Waals surface area contributed by atoms with Crippen LogP contribution in [0.5, 0.6) is 0 Å². The van der Waals surface area contributed by atoms with Gasteiger partial charge < -0.3 is 4.90 Å². The molecule has 1 aliphatic rings. The second-order valence-electron chi connectivity index (χ2n) is 4.28. The largest absolute Gasteiger partial charge is 0.357 e. The van der Waals surface area contributed by atoms with Crippen molar-refractivity contribution in [3.05, 3.63) is 29.6 Å². The zero-order valence-corrected chi connectivity index (χ0v) is 9.87. The van der Waals surface area contributed by atoms with Crippen molar-refractivity contribution in [2.24, 2.45) is 0 Å². The lowest BCUT2D eigenvalue weighted by Crippen LogP contribution is -2.36. The van der Waals surface area contributed by atoms with Crippen molar-refractivity contribution in [3.8, 4) is 0 Å². The maximum absolute atomic E-state index is 8.27. The number of hydrogen-bond donors (Lipinski definition) is 1. The number of amidine groups is 1. The fourth-order valence-electron chi connectivity index (χ4n) is 2.23. The fraction of sp³-hybridized carbons (Fsp3) is 0.538. The number of aryl methyl sites for hydroxylation is 1. The summed E-state index contributed by atoms with van der Waals surface area (Å²) in [5.74, 6) is 0.680. The van der Waals surface area contributed by atoms with E-state index in [-0.39, 0.29) is 0 Å². The monoisotopic (exact) mass is 217 g/mol. The third-order valence-corrected chi connectivity index (χ3v) is 3.21. The molecular weight excluding hydrogens is 198 g/mol. The van der Waals surface area contributed by atoms with Crippen LogP contribution in [-0.4, -0.2) is 28.8 Å². The molecule has 2 heterocycles. The zero-order valence-electron chi connectivity index (χ0n) is 9.87.